The second-order valence-electron chi connectivity index (χ2n) is 3.25. The second kappa shape index (κ2) is 5.56. The van der Waals surface area contributed by atoms with Crippen LogP contribution in [0, 0.1) is 0 Å². The van der Waals surface area contributed by atoms with E-state index >= 15 is 0 Å². The largest absolute Gasteiger partial charge is 0.318 e. The van der Waals surface area contributed by atoms with Crippen molar-refractivity contribution in [3.8, 4) is 0 Å². The van der Waals surface area contributed by atoms with E-state index in [0.717, 1.165) is 23.6 Å². The van der Waals surface area contributed by atoms with Crippen molar-refractivity contribution in [2.45, 2.75) is 6.42 Å². The molecule has 2 nitrogen and oxygen atoms in total. The van der Waals surface area contributed by atoms with Crippen LogP contribution in [0.2, 0.25) is 10.0 Å². The van der Waals surface area contributed by atoms with Crippen LogP contribution in [0.3, 0.4) is 0 Å². The molecule has 0 spiro atoms. The lowest BCUT2D eigenvalue weighted by molar-refractivity contribution is 0.349. The first-order chi connectivity index (χ1) is 6.63. The maximum atomic E-state index is 6.02. The van der Waals surface area contributed by atoms with Crippen molar-refractivity contribution in [2.24, 2.45) is 5.73 Å². The Morgan fingerprint density at radius 2 is 2.07 bits per heavy atom. The summed E-state index contributed by atoms with van der Waals surface area (Å²) in [6.45, 7) is 1.46. The zero-order chi connectivity index (χ0) is 10.6. The summed E-state index contributed by atoms with van der Waals surface area (Å²) in [6.07, 6.45) is 0.893. The van der Waals surface area contributed by atoms with Gasteiger partial charge in [0.2, 0.25) is 0 Å². The molecule has 0 aromatic heterocycles. The van der Waals surface area contributed by atoms with Gasteiger partial charge < -0.3 is 5.73 Å². The molecule has 0 aliphatic rings. The Kier molecular flexibility index (Phi) is 4.69. The van der Waals surface area contributed by atoms with Crippen LogP contribution in [0.25, 0.3) is 0 Å². The first kappa shape index (κ1) is 11.8. The van der Waals surface area contributed by atoms with Crippen molar-refractivity contribution in [1.29, 1.82) is 0 Å². The maximum Gasteiger partial charge on any atom is 0.0453 e. The Bertz CT molecular complexity index is 302. The van der Waals surface area contributed by atoms with Crippen molar-refractivity contribution < 1.29 is 0 Å². The van der Waals surface area contributed by atoms with Gasteiger partial charge in [-0.05, 0) is 31.2 Å². The van der Waals surface area contributed by atoms with Crippen LogP contribution in [0.5, 0.6) is 0 Å². The fourth-order valence-electron chi connectivity index (χ4n) is 1.13. The number of rotatable bonds is 4. The molecule has 0 saturated carbocycles. The lowest BCUT2D eigenvalue weighted by Crippen LogP contribution is -2.27. The van der Waals surface area contributed by atoms with E-state index in [0.29, 0.717) is 11.7 Å². The molecule has 1 aromatic rings. The van der Waals surface area contributed by atoms with Crippen LogP contribution in [0.4, 0.5) is 0 Å². The highest BCUT2D eigenvalue weighted by Gasteiger charge is 2.02. The van der Waals surface area contributed by atoms with Crippen molar-refractivity contribution in [3.05, 3.63) is 33.8 Å². The van der Waals surface area contributed by atoms with E-state index in [2.05, 4.69) is 0 Å². The van der Waals surface area contributed by atoms with Gasteiger partial charge in [0.15, 0.2) is 0 Å². The number of likely N-dealkylation sites (N-methyl/N-ethyl adjacent to an activating group) is 1. The molecular formula is C10H14Cl2N2. The van der Waals surface area contributed by atoms with Crippen LogP contribution < -0.4 is 5.73 Å². The molecule has 0 radical (unpaired) electrons. The molecule has 0 aliphatic heterocycles. The van der Waals surface area contributed by atoms with Crippen LogP contribution in [-0.2, 0) is 6.42 Å². The van der Waals surface area contributed by atoms with Gasteiger partial charge in [0, 0.05) is 23.3 Å². The van der Waals surface area contributed by atoms with E-state index in [9.17, 15) is 0 Å². The molecule has 0 aliphatic carbocycles. The monoisotopic (exact) mass is 232 g/mol. The van der Waals surface area contributed by atoms with E-state index in [4.69, 9.17) is 28.9 Å². The molecule has 1 rings (SSSR count). The average molecular weight is 233 g/mol. The van der Waals surface area contributed by atoms with Crippen molar-refractivity contribution >= 4 is 23.2 Å². The average Bonchev–Trinajstić information content (AvgIpc) is 2.16. The third kappa shape index (κ3) is 3.46. The zero-order valence-electron chi connectivity index (χ0n) is 8.13. The van der Waals surface area contributed by atoms with Gasteiger partial charge in [0.05, 0.1) is 0 Å². The number of hydrogen-bond acceptors (Lipinski definition) is 2. The first-order valence-electron chi connectivity index (χ1n) is 4.46. The van der Waals surface area contributed by atoms with Crippen LogP contribution in [0.1, 0.15) is 5.56 Å². The van der Waals surface area contributed by atoms with E-state index in [1.165, 1.54) is 0 Å². The molecule has 1 aromatic carbocycles. The van der Waals surface area contributed by atoms with Gasteiger partial charge in [0.1, 0.15) is 0 Å². The number of hydrogen-bond donors (Lipinski definition) is 1. The maximum absolute atomic E-state index is 6.02. The van der Waals surface area contributed by atoms with Gasteiger partial charge in [-0.1, -0.05) is 29.3 Å². The minimum absolute atomic E-state index is 0.561. The first-order valence-corrected chi connectivity index (χ1v) is 5.21. The molecule has 0 fully saturated rings. The Morgan fingerprint density at radius 1 is 1.36 bits per heavy atom. The summed E-state index contributed by atoms with van der Waals surface area (Å²) in [4.78, 5) is 2.03. The molecule has 0 unspecified atom stereocenters. The highest BCUT2D eigenvalue weighted by atomic mass is 35.5. The molecule has 0 heterocycles. The molecule has 0 bridgehead atoms. The van der Waals surface area contributed by atoms with Crippen molar-refractivity contribution in [3.63, 3.8) is 0 Å². The predicted molar refractivity (Wildman–Crippen MR) is 61.9 cm³/mol. The highest BCUT2D eigenvalue weighted by Crippen LogP contribution is 2.21. The van der Waals surface area contributed by atoms with Gasteiger partial charge in [-0.15, -0.1) is 0 Å². The Balaban J connectivity index is 2.59. The van der Waals surface area contributed by atoms with Gasteiger partial charge in [0.25, 0.3) is 0 Å². The third-order valence-electron chi connectivity index (χ3n) is 2.09. The molecule has 14 heavy (non-hydrogen) atoms. The highest BCUT2D eigenvalue weighted by molar-refractivity contribution is 6.35. The summed E-state index contributed by atoms with van der Waals surface area (Å²) in [6, 6.07) is 5.57. The zero-order valence-corrected chi connectivity index (χ0v) is 9.65. The van der Waals surface area contributed by atoms with Crippen LogP contribution in [-0.4, -0.2) is 25.2 Å². The van der Waals surface area contributed by atoms with Crippen molar-refractivity contribution in [2.75, 3.05) is 20.3 Å². The number of halogens is 2. The van der Waals surface area contributed by atoms with Crippen LogP contribution in [0.15, 0.2) is 18.2 Å². The van der Waals surface area contributed by atoms with E-state index < -0.39 is 0 Å². The normalized spacial score (nSPS) is 10.9. The van der Waals surface area contributed by atoms with Crippen molar-refractivity contribution in [1.82, 2.24) is 4.90 Å². The van der Waals surface area contributed by atoms with Gasteiger partial charge >= 0.3 is 0 Å². The molecule has 0 atom stereocenters. The Morgan fingerprint density at radius 3 is 2.64 bits per heavy atom. The minimum atomic E-state index is 0.561. The SMILES string of the molecule is CN(CN)CCc1ccc(Cl)cc1Cl. The topological polar surface area (TPSA) is 29.3 Å². The summed E-state index contributed by atoms with van der Waals surface area (Å²) in [5, 5.41) is 1.40. The Hall–Kier alpha value is -0.280. The van der Waals surface area contributed by atoms with E-state index in [1.807, 2.05) is 24.1 Å². The second-order valence-corrected chi connectivity index (χ2v) is 4.09. The summed E-state index contributed by atoms with van der Waals surface area (Å²) in [7, 11) is 1.98. The molecule has 0 amide bonds. The smallest absolute Gasteiger partial charge is 0.0453 e. The Labute approximate surface area is 94.6 Å². The van der Waals surface area contributed by atoms with Crippen LogP contribution >= 0.6 is 23.2 Å². The lowest BCUT2D eigenvalue weighted by Gasteiger charge is -2.13. The van der Waals surface area contributed by atoms with Gasteiger partial charge in [-0.2, -0.15) is 0 Å². The summed E-state index contributed by atoms with van der Waals surface area (Å²) < 4.78 is 0. The quantitative estimate of drug-likeness (QED) is 0.809. The molecule has 2 N–H and O–H groups in total. The minimum Gasteiger partial charge on any atom is -0.318 e. The summed E-state index contributed by atoms with van der Waals surface area (Å²) >= 11 is 11.8. The number of nitrogens with two attached hydrogens (primary N) is 1. The standard InChI is InChI=1S/C10H14Cl2N2/c1-14(7-13)5-4-8-2-3-9(11)6-10(8)12/h2-3,6H,4-5,7,13H2,1H3. The fourth-order valence-corrected chi connectivity index (χ4v) is 1.63. The predicted octanol–water partition coefficient (Wildman–Crippen LogP) is 2.38. The molecule has 0 saturated heterocycles. The number of benzene rings is 1. The van der Waals surface area contributed by atoms with E-state index in [1.54, 1.807) is 6.07 Å². The molecule has 4 heteroatoms. The molecule has 78 valence electrons. The summed E-state index contributed by atoms with van der Waals surface area (Å²) in [5.41, 5.74) is 6.58. The third-order valence-corrected chi connectivity index (χ3v) is 2.68. The summed E-state index contributed by atoms with van der Waals surface area (Å²) in [5.74, 6) is 0. The van der Waals surface area contributed by atoms with Gasteiger partial charge in [-0.3, -0.25) is 4.90 Å². The number of nitrogens with zero attached hydrogens (tertiary/aromatic N) is 1. The lowest BCUT2D eigenvalue weighted by atomic mass is 10.1. The van der Waals surface area contributed by atoms with Gasteiger partial charge in [-0.25, -0.2) is 0 Å². The van der Waals surface area contributed by atoms with E-state index in [-0.39, 0.29) is 0 Å². The fraction of sp³-hybridized carbons (Fsp3) is 0.400. The molecular weight excluding hydrogens is 219 g/mol.